The summed E-state index contributed by atoms with van der Waals surface area (Å²) in [5, 5.41) is 0. The number of hydrogen-bond donors (Lipinski definition) is 0. The van der Waals surface area contributed by atoms with Crippen LogP contribution in [0.15, 0.2) is 48.8 Å². The first-order valence-corrected chi connectivity index (χ1v) is 5.58. The molecule has 0 aliphatic rings. The Morgan fingerprint density at radius 1 is 1.18 bits per heavy atom. The Morgan fingerprint density at radius 3 is 2.47 bits per heavy atom. The van der Waals surface area contributed by atoms with E-state index in [0.717, 1.165) is 5.69 Å². The zero-order valence-corrected chi connectivity index (χ0v) is 9.96. The summed E-state index contributed by atoms with van der Waals surface area (Å²) >= 11 is 0. The Bertz CT molecular complexity index is 503. The second-order valence-corrected chi connectivity index (χ2v) is 3.93. The van der Waals surface area contributed by atoms with Gasteiger partial charge in [-0.3, -0.25) is 4.79 Å². The zero-order chi connectivity index (χ0) is 12.3. The molecule has 0 N–H and O–H groups in total. The van der Waals surface area contributed by atoms with Crippen LogP contribution >= 0.6 is 0 Å². The van der Waals surface area contributed by atoms with Crippen LogP contribution in [-0.2, 0) is 4.79 Å². The average Bonchev–Trinajstić information content (AvgIpc) is 2.83. The lowest BCUT2D eigenvalue weighted by atomic mass is 10.2. The van der Waals surface area contributed by atoms with Gasteiger partial charge in [0.15, 0.2) is 11.9 Å². The van der Waals surface area contributed by atoms with E-state index < -0.39 is 6.10 Å². The summed E-state index contributed by atoms with van der Waals surface area (Å²) in [4.78, 5) is 11.2. The lowest BCUT2D eigenvalue weighted by Gasteiger charge is -2.15. The van der Waals surface area contributed by atoms with E-state index in [1.165, 1.54) is 6.92 Å². The third kappa shape index (κ3) is 2.56. The highest BCUT2D eigenvalue weighted by Gasteiger charge is 2.12. The van der Waals surface area contributed by atoms with Crippen molar-refractivity contribution in [2.24, 2.45) is 0 Å². The van der Waals surface area contributed by atoms with E-state index in [2.05, 4.69) is 0 Å². The minimum atomic E-state index is -0.424. The zero-order valence-electron chi connectivity index (χ0n) is 9.96. The fourth-order valence-corrected chi connectivity index (χ4v) is 1.54. The van der Waals surface area contributed by atoms with Gasteiger partial charge < -0.3 is 9.30 Å². The number of hydrogen-bond acceptors (Lipinski definition) is 2. The van der Waals surface area contributed by atoms with Crippen molar-refractivity contribution >= 4 is 5.78 Å². The average molecular weight is 229 g/mol. The second-order valence-electron chi connectivity index (χ2n) is 3.93. The topological polar surface area (TPSA) is 31.2 Å². The fourth-order valence-electron chi connectivity index (χ4n) is 1.54. The van der Waals surface area contributed by atoms with E-state index in [4.69, 9.17) is 4.74 Å². The molecule has 2 aromatic rings. The molecule has 3 nitrogen and oxygen atoms in total. The number of nitrogens with zero attached hydrogens (tertiary/aromatic N) is 1. The van der Waals surface area contributed by atoms with Crippen LogP contribution in [0, 0.1) is 0 Å². The first-order valence-electron chi connectivity index (χ1n) is 5.58. The van der Waals surface area contributed by atoms with Gasteiger partial charge >= 0.3 is 0 Å². The molecule has 0 unspecified atom stereocenters. The standard InChI is InChI=1S/C14H15NO2/c1-11(16)12(2)17-14-8-4-3-7-13(14)15-9-5-6-10-15/h3-10,12H,1-2H3/t12-/m1/s1. The monoisotopic (exact) mass is 229 g/mol. The molecular weight excluding hydrogens is 214 g/mol. The number of para-hydroxylation sites is 2. The van der Waals surface area contributed by atoms with Crippen LogP contribution in [0.25, 0.3) is 5.69 Å². The molecule has 1 aromatic carbocycles. The molecular formula is C14H15NO2. The van der Waals surface area contributed by atoms with Crippen LogP contribution in [0.4, 0.5) is 0 Å². The van der Waals surface area contributed by atoms with Gasteiger partial charge in [0.25, 0.3) is 0 Å². The van der Waals surface area contributed by atoms with Crippen LogP contribution in [0.5, 0.6) is 5.75 Å². The second kappa shape index (κ2) is 4.87. The molecule has 0 aliphatic carbocycles. The molecule has 0 amide bonds. The molecule has 0 spiro atoms. The molecule has 0 saturated carbocycles. The Labute approximate surface area is 101 Å². The van der Waals surface area contributed by atoms with Crippen molar-refractivity contribution in [1.29, 1.82) is 0 Å². The van der Waals surface area contributed by atoms with Crippen molar-refractivity contribution in [3.8, 4) is 11.4 Å². The van der Waals surface area contributed by atoms with Crippen LogP contribution < -0.4 is 4.74 Å². The van der Waals surface area contributed by atoms with E-state index in [-0.39, 0.29) is 5.78 Å². The third-order valence-corrected chi connectivity index (χ3v) is 2.62. The molecule has 1 aromatic heterocycles. The molecule has 0 saturated heterocycles. The molecule has 1 atom stereocenters. The van der Waals surface area contributed by atoms with Gasteiger partial charge in [-0.2, -0.15) is 0 Å². The van der Waals surface area contributed by atoms with Gasteiger partial charge in [-0.15, -0.1) is 0 Å². The predicted molar refractivity (Wildman–Crippen MR) is 66.5 cm³/mol. The van der Waals surface area contributed by atoms with Crippen LogP contribution in [-0.4, -0.2) is 16.5 Å². The SMILES string of the molecule is CC(=O)[C@@H](C)Oc1ccccc1-n1cccc1. The van der Waals surface area contributed by atoms with Crippen molar-refractivity contribution < 1.29 is 9.53 Å². The van der Waals surface area contributed by atoms with Crippen molar-refractivity contribution in [3.05, 3.63) is 48.8 Å². The van der Waals surface area contributed by atoms with Gasteiger partial charge in [0, 0.05) is 12.4 Å². The number of aromatic nitrogens is 1. The van der Waals surface area contributed by atoms with E-state index >= 15 is 0 Å². The highest BCUT2D eigenvalue weighted by molar-refractivity contribution is 5.80. The number of rotatable bonds is 4. The first-order chi connectivity index (χ1) is 8.18. The Hall–Kier alpha value is -2.03. The van der Waals surface area contributed by atoms with Gasteiger partial charge in [-0.1, -0.05) is 12.1 Å². The third-order valence-electron chi connectivity index (χ3n) is 2.62. The molecule has 88 valence electrons. The number of carbonyl (C=O) groups excluding carboxylic acids is 1. The Morgan fingerprint density at radius 2 is 1.82 bits per heavy atom. The summed E-state index contributed by atoms with van der Waals surface area (Å²) in [5.41, 5.74) is 0.936. The maximum atomic E-state index is 11.2. The summed E-state index contributed by atoms with van der Waals surface area (Å²) in [7, 11) is 0. The predicted octanol–water partition coefficient (Wildman–Crippen LogP) is 2.83. The number of benzene rings is 1. The quantitative estimate of drug-likeness (QED) is 0.807. The number of carbonyl (C=O) groups is 1. The molecule has 0 radical (unpaired) electrons. The summed E-state index contributed by atoms with van der Waals surface area (Å²) in [6.07, 6.45) is 3.47. The van der Waals surface area contributed by atoms with Crippen molar-refractivity contribution in [2.75, 3.05) is 0 Å². The van der Waals surface area contributed by atoms with Gasteiger partial charge in [-0.05, 0) is 38.1 Å². The minimum absolute atomic E-state index is 0.0207. The van der Waals surface area contributed by atoms with Crippen molar-refractivity contribution in [2.45, 2.75) is 20.0 Å². The van der Waals surface area contributed by atoms with Crippen LogP contribution in [0.3, 0.4) is 0 Å². The molecule has 0 bridgehead atoms. The molecule has 0 fully saturated rings. The Kier molecular flexibility index (Phi) is 3.28. The van der Waals surface area contributed by atoms with Gasteiger partial charge in [0.2, 0.25) is 0 Å². The molecule has 3 heteroatoms. The van der Waals surface area contributed by atoms with Crippen molar-refractivity contribution in [1.82, 2.24) is 4.57 Å². The van der Waals surface area contributed by atoms with E-state index in [0.29, 0.717) is 5.75 Å². The summed E-state index contributed by atoms with van der Waals surface area (Å²) in [6, 6.07) is 11.6. The maximum Gasteiger partial charge on any atom is 0.169 e. The highest BCUT2D eigenvalue weighted by atomic mass is 16.5. The largest absolute Gasteiger partial charge is 0.481 e. The van der Waals surface area contributed by atoms with E-state index in [1.807, 2.05) is 53.4 Å². The molecule has 17 heavy (non-hydrogen) atoms. The van der Waals surface area contributed by atoms with Gasteiger partial charge in [0.05, 0.1) is 5.69 Å². The molecule has 0 aliphatic heterocycles. The van der Waals surface area contributed by atoms with E-state index in [9.17, 15) is 4.79 Å². The first kappa shape index (κ1) is 11.5. The van der Waals surface area contributed by atoms with Crippen LogP contribution in [0.2, 0.25) is 0 Å². The maximum absolute atomic E-state index is 11.2. The highest BCUT2D eigenvalue weighted by Crippen LogP contribution is 2.23. The molecule has 2 rings (SSSR count). The summed E-state index contributed by atoms with van der Waals surface area (Å²) in [5.74, 6) is 0.735. The minimum Gasteiger partial charge on any atom is -0.481 e. The lowest BCUT2D eigenvalue weighted by Crippen LogP contribution is -2.21. The fraction of sp³-hybridized carbons (Fsp3) is 0.214. The summed E-state index contributed by atoms with van der Waals surface area (Å²) < 4.78 is 7.62. The van der Waals surface area contributed by atoms with Crippen molar-refractivity contribution in [3.63, 3.8) is 0 Å². The number of ether oxygens (including phenoxy) is 1. The normalized spacial score (nSPS) is 12.1. The Balaban J connectivity index is 2.32. The molecule has 1 heterocycles. The smallest absolute Gasteiger partial charge is 0.169 e. The summed E-state index contributed by atoms with van der Waals surface area (Å²) in [6.45, 7) is 3.29. The van der Waals surface area contributed by atoms with Gasteiger partial charge in [0.1, 0.15) is 5.75 Å². The lowest BCUT2D eigenvalue weighted by molar-refractivity contribution is -0.122. The number of Topliss-reactive ketones (excluding diaryl/α,β-unsaturated/α-hetero) is 1. The van der Waals surface area contributed by atoms with Gasteiger partial charge in [-0.25, -0.2) is 0 Å². The van der Waals surface area contributed by atoms with Crippen LogP contribution in [0.1, 0.15) is 13.8 Å². The van der Waals surface area contributed by atoms with E-state index in [1.54, 1.807) is 6.92 Å². The number of ketones is 1.